The molecule has 0 unspecified atom stereocenters. The van der Waals surface area contributed by atoms with Crippen molar-refractivity contribution in [3.05, 3.63) is 34.9 Å². The van der Waals surface area contributed by atoms with Crippen LogP contribution in [0, 0.1) is 5.82 Å². The average molecular weight is 285 g/mol. The third kappa shape index (κ3) is 3.65. The van der Waals surface area contributed by atoms with Gasteiger partial charge in [-0.15, -0.1) is 5.10 Å². The Hall–Kier alpha value is -1.66. The van der Waals surface area contributed by atoms with Crippen molar-refractivity contribution in [3.63, 3.8) is 0 Å². The number of nitrogens with zero attached hydrogens (tertiary/aromatic N) is 2. The predicted octanol–water partition coefficient (Wildman–Crippen LogP) is 3.10. The first-order chi connectivity index (χ1) is 9.06. The number of benzene rings is 1. The molecule has 7 heteroatoms. The number of rotatable bonds is 5. The summed E-state index contributed by atoms with van der Waals surface area (Å²) in [6.45, 7) is 4.47. The molecule has 0 atom stereocenters. The summed E-state index contributed by atoms with van der Waals surface area (Å²) in [7, 11) is 0. The fraction of sp³-hybridized carbons (Fsp3) is 0.333. The maximum absolute atomic E-state index is 13.5. The highest BCUT2D eigenvalue weighted by Crippen LogP contribution is 2.27. The van der Waals surface area contributed by atoms with Gasteiger partial charge in [-0.3, -0.25) is 0 Å². The molecule has 1 aromatic heterocycles. The fourth-order valence-corrected chi connectivity index (χ4v) is 1.60. The summed E-state index contributed by atoms with van der Waals surface area (Å²) in [6.07, 6.45) is 0. The van der Waals surface area contributed by atoms with Crippen molar-refractivity contribution in [2.75, 3.05) is 5.32 Å². The zero-order valence-electron chi connectivity index (χ0n) is 10.6. The molecule has 0 saturated heterocycles. The second kappa shape index (κ2) is 5.99. The highest BCUT2D eigenvalue weighted by molar-refractivity contribution is 6.33. The molecule has 0 aliphatic rings. The van der Waals surface area contributed by atoms with Gasteiger partial charge in [-0.25, -0.2) is 4.39 Å². The zero-order valence-corrected chi connectivity index (χ0v) is 11.3. The van der Waals surface area contributed by atoms with E-state index in [2.05, 4.69) is 20.8 Å². The van der Waals surface area contributed by atoms with E-state index in [-0.39, 0.29) is 16.7 Å². The van der Waals surface area contributed by atoms with Crippen LogP contribution in [0.15, 0.2) is 22.6 Å². The van der Waals surface area contributed by atoms with Crippen LogP contribution >= 0.6 is 11.6 Å². The molecule has 0 saturated carbocycles. The lowest BCUT2D eigenvalue weighted by Crippen LogP contribution is -2.21. The van der Waals surface area contributed by atoms with Crippen LogP contribution in [0.5, 0.6) is 0 Å². The van der Waals surface area contributed by atoms with Gasteiger partial charge in [0.2, 0.25) is 5.89 Å². The largest absolute Gasteiger partial charge is 0.406 e. The Morgan fingerprint density at radius 3 is 2.84 bits per heavy atom. The van der Waals surface area contributed by atoms with Gasteiger partial charge in [0, 0.05) is 6.04 Å². The second-order valence-corrected chi connectivity index (χ2v) is 4.67. The summed E-state index contributed by atoms with van der Waals surface area (Å²) in [5, 5.41) is 13.7. The predicted molar refractivity (Wildman–Crippen MR) is 71.0 cm³/mol. The molecule has 2 N–H and O–H groups in total. The van der Waals surface area contributed by atoms with E-state index < -0.39 is 5.82 Å². The Morgan fingerprint density at radius 2 is 2.16 bits per heavy atom. The monoisotopic (exact) mass is 284 g/mol. The van der Waals surface area contributed by atoms with E-state index in [9.17, 15) is 4.39 Å². The van der Waals surface area contributed by atoms with E-state index in [1.165, 1.54) is 12.1 Å². The van der Waals surface area contributed by atoms with Gasteiger partial charge in [0.05, 0.1) is 17.3 Å². The van der Waals surface area contributed by atoms with E-state index in [1.807, 2.05) is 13.8 Å². The summed E-state index contributed by atoms with van der Waals surface area (Å²) in [4.78, 5) is 0. The molecule has 0 aliphatic heterocycles. The van der Waals surface area contributed by atoms with E-state index in [1.54, 1.807) is 6.07 Å². The standard InChI is InChI=1S/C12H14ClFN4O/c1-7(2)15-6-10-17-18-12(19-10)16-11-8(13)4-3-5-9(11)14/h3-5,7,15H,6H2,1-2H3,(H,16,18). The Kier molecular flexibility index (Phi) is 4.34. The highest BCUT2D eigenvalue weighted by atomic mass is 35.5. The van der Waals surface area contributed by atoms with Gasteiger partial charge in [0.1, 0.15) is 5.82 Å². The minimum absolute atomic E-state index is 0.104. The first kappa shape index (κ1) is 13.8. The van der Waals surface area contributed by atoms with Gasteiger partial charge in [-0.1, -0.05) is 36.6 Å². The van der Waals surface area contributed by atoms with Crippen LogP contribution < -0.4 is 10.6 Å². The maximum Gasteiger partial charge on any atom is 0.320 e. The fourth-order valence-electron chi connectivity index (χ4n) is 1.39. The van der Waals surface area contributed by atoms with Crippen LogP contribution in [-0.2, 0) is 6.54 Å². The second-order valence-electron chi connectivity index (χ2n) is 4.26. The van der Waals surface area contributed by atoms with Crippen molar-refractivity contribution in [2.45, 2.75) is 26.4 Å². The highest BCUT2D eigenvalue weighted by Gasteiger charge is 2.11. The number of hydrogen-bond donors (Lipinski definition) is 2. The lowest BCUT2D eigenvalue weighted by atomic mass is 10.3. The molecule has 1 aromatic carbocycles. The van der Waals surface area contributed by atoms with Crippen molar-refractivity contribution in [1.82, 2.24) is 15.5 Å². The molecule has 0 fully saturated rings. The first-order valence-corrected chi connectivity index (χ1v) is 6.21. The average Bonchev–Trinajstić information content (AvgIpc) is 2.79. The number of anilines is 2. The van der Waals surface area contributed by atoms with Crippen LogP contribution in [-0.4, -0.2) is 16.2 Å². The van der Waals surface area contributed by atoms with Crippen molar-refractivity contribution < 1.29 is 8.81 Å². The van der Waals surface area contributed by atoms with Gasteiger partial charge in [0.25, 0.3) is 0 Å². The van der Waals surface area contributed by atoms with E-state index in [0.717, 1.165) is 0 Å². The van der Waals surface area contributed by atoms with Crippen LogP contribution in [0.3, 0.4) is 0 Å². The van der Waals surface area contributed by atoms with Crippen LogP contribution in [0.25, 0.3) is 0 Å². The molecule has 0 bridgehead atoms. The molecule has 19 heavy (non-hydrogen) atoms. The summed E-state index contributed by atoms with van der Waals surface area (Å²) in [5.41, 5.74) is 0.121. The number of nitrogens with one attached hydrogen (secondary N) is 2. The number of hydrogen-bond acceptors (Lipinski definition) is 5. The van der Waals surface area contributed by atoms with Crippen LogP contribution in [0.4, 0.5) is 16.1 Å². The normalized spacial score (nSPS) is 11.0. The van der Waals surface area contributed by atoms with Gasteiger partial charge < -0.3 is 15.1 Å². The molecule has 2 rings (SSSR count). The third-order valence-corrected chi connectivity index (χ3v) is 2.64. The minimum Gasteiger partial charge on any atom is -0.406 e. The molecule has 2 aromatic rings. The quantitative estimate of drug-likeness (QED) is 0.883. The van der Waals surface area contributed by atoms with Gasteiger partial charge >= 0.3 is 6.01 Å². The number of aromatic nitrogens is 2. The molecular weight excluding hydrogens is 271 g/mol. The molecule has 5 nitrogen and oxygen atoms in total. The van der Waals surface area contributed by atoms with Crippen LogP contribution in [0.1, 0.15) is 19.7 Å². The number of para-hydroxylation sites is 1. The van der Waals surface area contributed by atoms with Crippen LogP contribution in [0.2, 0.25) is 5.02 Å². The lowest BCUT2D eigenvalue weighted by Gasteiger charge is -2.05. The Labute approximate surface area is 115 Å². The summed E-state index contributed by atoms with van der Waals surface area (Å²) in [6, 6.07) is 4.81. The Morgan fingerprint density at radius 1 is 1.37 bits per heavy atom. The van der Waals surface area contributed by atoms with E-state index >= 15 is 0 Å². The SMILES string of the molecule is CC(C)NCc1nnc(Nc2c(F)cccc2Cl)o1. The van der Waals surface area contributed by atoms with E-state index in [4.69, 9.17) is 16.0 Å². The third-order valence-electron chi connectivity index (χ3n) is 2.32. The maximum atomic E-state index is 13.5. The molecule has 1 heterocycles. The van der Waals surface area contributed by atoms with Gasteiger partial charge in [0.15, 0.2) is 0 Å². The Bertz CT molecular complexity index is 538. The van der Waals surface area contributed by atoms with Gasteiger partial charge in [-0.2, -0.15) is 0 Å². The van der Waals surface area contributed by atoms with Crippen molar-refractivity contribution in [1.29, 1.82) is 0 Å². The molecule has 0 radical (unpaired) electrons. The summed E-state index contributed by atoms with van der Waals surface area (Å²) in [5.74, 6) is -0.0591. The van der Waals surface area contributed by atoms with E-state index in [0.29, 0.717) is 18.5 Å². The lowest BCUT2D eigenvalue weighted by molar-refractivity contribution is 0.460. The van der Waals surface area contributed by atoms with Crippen molar-refractivity contribution in [3.8, 4) is 0 Å². The topological polar surface area (TPSA) is 63.0 Å². The van der Waals surface area contributed by atoms with Crippen molar-refractivity contribution >= 4 is 23.3 Å². The molecule has 0 amide bonds. The first-order valence-electron chi connectivity index (χ1n) is 5.83. The molecular formula is C12H14ClFN4O. The minimum atomic E-state index is -0.479. The van der Waals surface area contributed by atoms with Gasteiger partial charge in [-0.05, 0) is 12.1 Å². The number of halogens is 2. The zero-order chi connectivity index (χ0) is 13.8. The van der Waals surface area contributed by atoms with Crippen molar-refractivity contribution in [2.24, 2.45) is 0 Å². The molecule has 0 spiro atoms. The molecule has 0 aliphatic carbocycles. The smallest absolute Gasteiger partial charge is 0.320 e. The summed E-state index contributed by atoms with van der Waals surface area (Å²) < 4.78 is 18.9. The molecule has 102 valence electrons. The Balaban J connectivity index is 2.07. The summed E-state index contributed by atoms with van der Waals surface area (Å²) >= 11 is 5.88.